The summed E-state index contributed by atoms with van der Waals surface area (Å²) in [5.74, 6) is -0.574. The molecule has 2 rings (SSSR count). The summed E-state index contributed by atoms with van der Waals surface area (Å²) in [6.45, 7) is 0. The van der Waals surface area contributed by atoms with E-state index < -0.39 is 5.82 Å². The highest BCUT2D eigenvalue weighted by atomic mass is 16.8. The van der Waals surface area contributed by atoms with Crippen LogP contribution in [0.2, 0.25) is 0 Å². The van der Waals surface area contributed by atoms with E-state index in [1.54, 1.807) is 0 Å². The summed E-state index contributed by atoms with van der Waals surface area (Å²) in [5, 5.41) is 0. The second-order valence-electron chi connectivity index (χ2n) is 3.01. The molecule has 0 amide bonds. The number of nitrogens with zero attached hydrogens (tertiary/aromatic N) is 1. The van der Waals surface area contributed by atoms with Gasteiger partial charge in [-0.2, -0.15) is 4.79 Å². The second-order valence-corrected chi connectivity index (χ2v) is 3.01. The highest BCUT2D eigenvalue weighted by Gasteiger charge is 2.20. The molecule has 1 aliphatic carbocycles. The van der Waals surface area contributed by atoms with Crippen molar-refractivity contribution in [2.45, 2.75) is 38.1 Å². The predicted octanol–water partition coefficient (Wildman–Crippen LogP) is 1.54. The summed E-state index contributed by atoms with van der Waals surface area (Å²) in [6.07, 6.45) is 5.86. The van der Waals surface area contributed by atoms with Crippen LogP contribution >= 0.6 is 0 Å². The molecule has 0 aliphatic heterocycles. The van der Waals surface area contributed by atoms with Crippen molar-refractivity contribution in [3.63, 3.8) is 0 Å². The van der Waals surface area contributed by atoms with Gasteiger partial charge < -0.3 is 0 Å². The van der Waals surface area contributed by atoms with Crippen molar-refractivity contribution < 1.29 is 9.05 Å². The lowest BCUT2D eigenvalue weighted by molar-refractivity contribution is -0.115. The van der Waals surface area contributed by atoms with E-state index in [9.17, 15) is 4.79 Å². The molecule has 0 radical (unpaired) electrons. The first-order valence-corrected chi connectivity index (χ1v) is 4.05. The van der Waals surface area contributed by atoms with E-state index in [1.165, 1.54) is 24.2 Å². The lowest BCUT2D eigenvalue weighted by atomic mass is 9.96. The largest absolute Gasteiger partial charge is 0.563 e. The standard InChI is InChI=1S/C7H11NO3/c9-7-10-8(11-7)6-4-2-1-3-5-6/h6H,1-5H2. The van der Waals surface area contributed by atoms with Crippen molar-refractivity contribution in [2.24, 2.45) is 0 Å². The second kappa shape index (κ2) is 2.60. The molecular weight excluding hydrogens is 146 g/mol. The first-order chi connectivity index (χ1) is 5.36. The highest BCUT2D eigenvalue weighted by molar-refractivity contribution is 4.65. The Morgan fingerprint density at radius 3 is 2.36 bits per heavy atom. The normalized spacial score (nSPS) is 20.7. The van der Waals surface area contributed by atoms with Gasteiger partial charge in [0, 0.05) is 0 Å². The minimum absolute atomic E-state index is 0.307. The summed E-state index contributed by atoms with van der Waals surface area (Å²) < 4.78 is 9.30. The minimum atomic E-state index is -0.574. The molecule has 0 aromatic carbocycles. The van der Waals surface area contributed by atoms with E-state index in [2.05, 4.69) is 9.05 Å². The summed E-state index contributed by atoms with van der Waals surface area (Å²) >= 11 is 0. The molecule has 0 spiro atoms. The zero-order chi connectivity index (χ0) is 7.68. The topological polar surface area (TPSA) is 48.3 Å². The number of aromatic nitrogens is 1. The quantitative estimate of drug-likeness (QED) is 0.621. The van der Waals surface area contributed by atoms with Gasteiger partial charge in [-0.25, -0.2) is 0 Å². The Labute approximate surface area is 63.7 Å². The first kappa shape index (κ1) is 6.76. The van der Waals surface area contributed by atoms with Gasteiger partial charge in [0.05, 0.1) is 0 Å². The summed E-state index contributed by atoms with van der Waals surface area (Å²) in [6, 6.07) is 0.307. The van der Waals surface area contributed by atoms with Crippen molar-refractivity contribution in [2.75, 3.05) is 0 Å². The Hall–Kier alpha value is -0.930. The highest BCUT2D eigenvalue weighted by Crippen LogP contribution is 2.27. The SMILES string of the molecule is O=c1on(C2CCCCC2)o1. The Morgan fingerprint density at radius 2 is 1.82 bits per heavy atom. The molecule has 1 aromatic rings. The van der Waals surface area contributed by atoms with Crippen LogP contribution in [-0.2, 0) is 0 Å². The van der Waals surface area contributed by atoms with Gasteiger partial charge in [-0.05, 0) is 12.8 Å². The molecule has 11 heavy (non-hydrogen) atoms. The molecule has 1 heterocycles. The third kappa shape index (κ3) is 1.25. The lowest BCUT2D eigenvalue weighted by Crippen LogP contribution is -2.22. The predicted molar refractivity (Wildman–Crippen MR) is 37.4 cm³/mol. The molecule has 0 atom stereocenters. The van der Waals surface area contributed by atoms with Crippen molar-refractivity contribution in [1.82, 2.24) is 4.91 Å². The third-order valence-corrected chi connectivity index (χ3v) is 2.20. The fourth-order valence-electron chi connectivity index (χ4n) is 1.59. The van der Waals surface area contributed by atoms with E-state index in [-0.39, 0.29) is 0 Å². The van der Waals surface area contributed by atoms with Gasteiger partial charge in [-0.1, -0.05) is 24.2 Å². The van der Waals surface area contributed by atoms with E-state index in [0.717, 1.165) is 12.8 Å². The van der Waals surface area contributed by atoms with Gasteiger partial charge >= 0.3 is 5.82 Å². The van der Waals surface area contributed by atoms with Crippen molar-refractivity contribution in [1.29, 1.82) is 0 Å². The Kier molecular flexibility index (Phi) is 1.60. The van der Waals surface area contributed by atoms with Gasteiger partial charge in [0.2, 0.25) is 0 Å². The van der Waals surface area contributed by atoms with Crippen molar-refractivity contribution in [3.05, 3.63) is 10.6 Å². The van der Waals surface area contributed by atoms with E-state index in [4.69, 9.17) is 0 Å². The van der Waals surface area contributed by atoms with Crippen molar-refractivity contribution >= 4 is 0 Å². The van der Waals surface area contributed by atoms with Crippen LogP contribution < -0.4 is 5.82 Å². The van der Waals surface area contributed by atoms with Crippen LogP contribution in [0.4, 0.5) is 0 Å². The van der Waals surface area contributed by atoms with E-state index >= 15 is 0 Å². The van der Waals surface area contributed by atoms with Gasteiger partial charge in [-0.15, -0.1) is 0 Å². The Morgan fingerprint density at radius 1 is 1.18 bits per heavy atom. The molecule has 1 aromatic heterocycles. The van der Waals surface area contributed by atoms with Crippen LogP contribution in [0.15, 0.2) is 13.8 Å². The van der Waals surface area contributed by atoms with E-state index in [1.807, 2.05) is 0 Å². The molecule has 0 saturated heterocycles. The number of hydrogen-bond acceptors (Lipinski definition) is 3. The minimum Gasteiger partial charge on any atom is -0.272 e. The smallest absolute Gasteiger partial charge is 0.272 e. The zero-order valence-corrected chi connectivity index (χ0v) is 6.28. The summed E-state index contributed by atoms with van der Waals surface area (Å²) in [7, 11) is 0. The van der Waals surface area contributed by atoms with Crippen LogP contribution in [0.25, 0.3) is 0 Å². The number of hydrogen-bond donors (Lipinski definition) is 0. The summed E-state index contributed by atoms with van der Waals surface area (Å²) in [4.78, 5) is 11.6. The molecule has 1 fully saturated rings. The molecular formula is C7H11NO3. The van der Waals surface area contributed by atoms with E-state index in [0.29, 0.717) is 6.04 Å². The molecule has 1 aliphatic rings. The number of rotatable bonds is 1. The zero-order valence-electron chi connectivity index (χ0n) is 6.28. The summed E-state index contributed by atoms with van der Waals surface area (Å²) in [5.41, 5.74) is 0. The Bertz CT molecular complexity index is 248. The van der Waals surface area contributed by atoms with Crippen LogP contribution in [0.1, 0.15) is 38.1 Å². The molecule has 0 bridgehead atoms. The van der Waals surface area contributed by atoms with Gasteiger partial charge in [0.25, 0.3) is 0 Å². The van der Waals surface area contributed by atoms with Gasteiger partial charge in [-0.3, -0.25) is 9.05 Å². The van der Waals surface area contributed by atoms with Gasteiger partial charge in [0.15, 0.2) is 0 Å². The molecule has 62 valence electrons. The molecule has 0 unspecified atom stereocenters. The molecule has 4 heteroatoms. The maximum absolute atomic E-state index is 10.3. The third-order valence-electron chi connectivity index (χ3n) is 2.20. The lowest BCUT2D eigenvalue weighted by Gasteiger charge is -2.20. The average molecular weight is 157 g/mol. The van der Waals surface area contributed by atoms with Crippen LogP contribution in [0, 0.1) is 0 Å². The molecule has 1 saturated carbocycles. The Balaban J connectivity index is 2.01. The maximum Gasteiger partial charge on any atom is 0.563 e. The molecule has 0 N–H and O–H groups in total. The van der Waals surface area contributed by atoms with Crippen LogP contribution in [0.5, 0.6) is 0 Å². The van der Waals surface area contributed by atoms with Gasteiger partial charge in [0.1, 0.15) is 6.04 Å². The van der Waals surface area contributed by atoms with Crippen molar-refractivity contribution in [3.8, 4) is 0 Å². The monoisotopic (exact) mass is 157 g/mol. The first-order valence-electron chi connectivity index (χ1n) is 4.05. The van der Waals surface area contributed by atoms with Crippen LogP contribution in [0.3, 0.4) is 0 Å². The molecule has 4 nitrogen and oxygen atoms in total. The average Bonchev–Trinajstić information content (AvgIpc) is 2.01. The fraction of sp³-hybridized carbons (Fsp3) is 0.857. The fourth-order valence-corrected chi connectivity index (χ4v) is 1.59. The van der Waals surface area contributed by atoms with Crippen LogP contribution in [-0.4, -0.2) is 4.91 Å². The maximum atomic E-state index is 10.3.